The van der Waals surface area contributed by atoms with Crippen molar-refractivity contribution in [3.8, 4) is 6.07 Å². The number of ether oxygens (including phenoxy) is 1. The van der Waals surface area contributed by atoms with Gasteiger partial charge in [-0.15, -0.1) is 0 Å². The van der Waals surface area contributed by atoms with E-state index >= 15 is 0 Å². The van der Waals surface area contributed by atoms with Crippen molar-refractivity contribution < 1.29 is 19.2 Å². The third-order valence-corrected chi connectivity index (χ3v) is 3.99. The van der Waals surface area contributed by atoms with Gasteiger partial charge in [-0.05, 0) is 26.0 Å². The molecule has 0 saturated heterocycles. The van der Waals surface area contributed by atoms with Crippen LogP contribution in [0.25, 0.3) is 16.6 Å². The van der Waals surface area contributed by atoms with Gasteiger partial charge < -0.3 is 18.9 Å². The highest BCUT2D eigenvalue weighted by Crippen LogP contribution is 2.22. The van der Waals surface area contributed by atoms with E-state index in [9.17, 15) is 15.2 Å². The molecule has 0 atom stereocenters. The molecule has 0 bridgehead atoms. The molecular formula is C18H16N4O4. The van der Waals surface area contributed by atoms with Crippen molar-refractivity contribution in [1.82, 2.24) is 14.7 Å². The molecule has 3 rings (SSSR count). The molecule has 0 saturated carbocycles. The highest BCUT2D eigenvalue weighted by Gasteiger charge is 2.21. The zero-order valence-corrected chi connectivity index (χ0v) is 14.5. The van der Waals surface area contributed by atoms with Gasteiger partial charge in [0.2, 0.25) is 0 Å². The summed E-state index contributed by atoms with van der Waals surface area (Å²) in [5.74, 6) is -0.451. The second-order valence-electron chi connectivity index (χ2n) is 5.69. The van der Waals surface area contributed by atoms with Gasteiger partial charge in [-0.1, -0.05) is 17.3 Å². The van der Waals surface area contributed by atoms with Crippen molar-refractivity contribution >= 4 is 22.6 Å². The zero-order valence-electron chi connectivity index (χ0n) is 14.5. The largest absolute Gasteiger partial charge is 0.507 e. The van der Waals surface area contributed by atoms with Crippen LogP contribution in [-0.2, 0) is 11.8 Å². The molecule has 1 N–H and O–H groups in total. The van der Waals surface area contributed by atoms with Gasteiger partial charge >= 0.3 is 5.97 Å². The minimum atomic E-state index is -0.685. The molecule has 0 aliphatic rings. The molecule has 2 heterocycles. The lowest BCUT2D eigenvalue weighted by atomic mass is 10.2. The standard InChI is InChI=1S/C18H16N4O4/c1-10-16(11(2)26-21-10)18(24)25-9-15(23)12(8-19)17-20-13-6-4-5-7-14(13)22(17)3/h4-7,23H,9H2,1-3H3/b15-12-. The Labute approximate surface area is 148 Å². The fourth-order valence-corrected chi connectivity index (χ4v) is 2.67. The Hall–Kier alpha value is -3.60. The van der Waals surface area contributed by atoms with Crippen molar-refractivity contribution in [2.75, 3.05) is 6.61 Å². The molecule has 0 aliphatic heterocycles. The maximum atomic E-state index is 12.1. The Balaban J connectivity index is 1.88. The van der Waals surface area contributed by atoms with E-state index < -0.39 is 12.6 Å². The second kappa shape index (κ2) is 6.72. The minimum Gasteiger partial charge on any atom is -0.507 e. The number of aliphatic hydroxyl groups excluding tert-OH is 1. The van der Waals surface area contributed by atoms with Gasteiger partial charge in [-0.2, -0.15) is 5.26 Å². The van der Waals surface area contributed by atoms with E-state index in [4.69, 9.17) is 9.26 Å². The maximum absolute atomic E-state index is 12.1. The number of fused-ring (bicyclic) bond motifs is 1. The number of hydrogen-bond acceptors (Lipinski definition) is 7. The van der Waals surface area contributed by atoms with Crippen molar-refractivity contribution in [3.63, 3.8) is 0 Å². The molecule has 8 heteroatoms. The molecule has 132 valence electrons. The molecule has 1 aromatic carbocycles. The summed E-state index contributed by atoms with van der Waals surface area (Å²) in [7, 11) is 1.74. The number of rotatable bonds is 4. The van der Waals surface area contributed by atoms with E-state index in [1.54, 1.807) is 25.5 Å². The topological polar surface area (TPSA) is 114 Å². The molecule has 0 spiro atoms. The quantitative estimate of drug-likeness (QED) is 0.436. The lowest BCUT2D eigenvalue weighted by molar-refractivity contribution is 0.0500. The number of esters is 1. The number of hydrogen-bond donors (Lipinski definition) is 1. The Morgan fingerprint density at radius 2 is 2.12 bits per heavy atom. The highest BCUT2D eigenvalue weighted by atomic mass is 16.5. The van der Waals surface area contributed by atoms with Crippen LogP contribution in [0.4, 0.5) is 0 Å². The third-order valence-electron chi connectivity index (χ3n) is 3.99. The Bertz CT molecular complexity index is 1050. The molecular weight excluding hydrogens is 336 g/mol. The van der Waals surface area contributed by atoms with Crippen molar-refractivity contribution in [1.29, 1.82) is 5.26 Å². The maximum Gasteiger partial charge on any atom is 0.344 e. The summed E-state index contributed by atoms with van der Waals surface area (Å²) in [5, 5.41) is 23.4. The van der Waals surface area contributed by atoms with E-state index in [0.717, 1.165) is 5.52 Å². The van der Waals surface area contributed by atoms with Crippen molar-refractivity contribution in [2.45, 2.75) is 13.8 Å². The van der Waals surface area contributed by atoms with Gasteiger partial charge in [0.05, 0.1) is 16.7 Å². The molecule has 0 unspecified atom stereocenters. The molecule has 0 fully saturated rings. The first kappa shape index (κ1) is 17.2. The summed E-state index contributed by atoms with van der Waals surface area (Å²) in [4.78, 5) is 16.5. The predicted octanol–water partition coefficient (Wildman–Crippen LogP) is 2.83. The molecule has 0 amide bonds. The van der Waals surface area contributed by atoms with E-state index in [1.165, 1.54) is 0 Å². The number of allylic oxidation sites excluding steroid dienone is 1. The highest BCUT2D eigenvalue weighted by molar-refractivity contribution is 5.91. The Morgan fingerprint density at radius 1 is 1.38 bits per heavy atom. The molecule has 26 heavy (non-hydrogen) atoms. The Morgan fingerprint density at radius 3 is 2.73 bits per heavy atom. The summed E-state index contributed by atoms with van der Waals surface area (Å²) in [6.07, 6.45) is 0. The molecule has 3 aromatic rings. The van der Waals surface area contributed by atoms with Crippen LogP contribution in [0.1, 0.15) is 27.6 Å². The van der Waals surface area contributed by atoms with Crippen LogP contribution in [0.15, 0.2) is 34.5 Å². The second-order valence-corrected chi connectivity index (χ2v) is 5.69. The van der Waals surface area contributed by atoms with E-state index in [0.29, 0.717) is 22.8 Å². The monoisotopic (exact) mass is 352 g/mol. The first-order valence-electron chi connectivity index (χ1n) is 7.78. The summed E-state index contributed by atoms with van der Waals surface area (Å²) in [5.41, 5.74) is 2.05. The predicted molar refractivity (Wildman–Crippen MR) is 92.1 cm³/mol. The molecule has 8 nitrogen and oxygen atoms in total. The first-order chi connectivity index (χ1) is 12.4. The molecule has 2 aromatic heterocycles. The van der Waals surface area contributed by atoms with Crippen LogP contribution in [-0.4, -0.2) is 32.4 Å². The first-order valence-corrected chi connectivity index (χ1v) is 7.78. The van der Waals surface area contributed by atoms with Crippen LogP contribution >= 0.6 is 0 Å². The number of aliphatic hydroxyl groups is 1. The molecule has 0 aliphatic carbocycles. The fraction of sp³-hybridized carbons (Fsp3) is 0.222. The van der Waals surface area contributed by atoms with Gasteiger partial charge in [-0.3, -0.25) is 0 Å². The average molecular weight is 352 g/mol. The lowest BCUT2D eigenvalue weighted by Gasteiger charge is -2.06. The number of nitrogens with zero attached hydrogens (tertiary/aromatic N) is 4. The van der Waals surface area contributed by atoms with Crippen LogP contribution in [0.5, 0.6) is 0 Å². The van der Waals surface area contributed by atoms with Crippen LogP contribution in [0, 0.1) is 25.2 Å². The smallest absolute Gasteiger partial charge is 0.344 e. The fourth-order valence-electron chi connectivity index (χ4n) is 2.67. The summed E-state index contributed by atoms with van der Waals surface area (Å²) >= 11 is 0. The number of benzene rings is 1. The number of carbonyl (C=O) groups is 1. The van der Waals surface area contributed by atoms with Crippen LogP contribution < -0.4 is 0 Å². The van der Waals surface area contributed by atoms with E-state index in [1.807, 2.05) is 30.3 Å². The number of para-hydroxylation sites is 2. The summed E-state index contributed by atoms with van der Waals surface area (Å²) < 4.78 is 11.7. The number of aromatic nitrogens is 3. The van der Waals surface area contributed by atoms with E-state index in [-0.39, 0.29) is 16.9 Å². The van der Waals surface area contributed by atoms with Gasteiger partial charge in [0.25, 0.3) is 0 Å². The number of carbonyl (C=O) groups excluding carboxylic acids is 1. The van der Waals surface area contributed by atoms with Gasteiger partial charge in [-0.25, -0.2) is 9.78 Å². The number of aryl methyl sites for hydroxylation is 3. The van der Waals surface area contributed by atoms with Gasteiger partial charge in [0.1, 0.15) is 29.6 Å². The average Bonchev–Trinajstić information content (AvgIpc) is 3.14. The number of imidazole rings is 1. The lowest BCUT2D eigenvalue weighted by Crippen LogP contribution is -2.11. The van der Waals surface area contributed by atoms with Crippen LogP contribution in [0.3, 0.4) is 0 Å². The normalized spacial score (nSPS) is 11.9. The number of nitriles is 1. The van der Waals surface area contributed by atoms with Gasteiger partial charge in [0.15, 0.2) is 11.6 Å². The van der Waals surface area contributed by atoms with Gasteiger partial charge in [0, 0.05) is 7.05 Å². The Kier molecular flexibility index (Phi) is 4.45. The SMILES string of the molecule is Cc1noc(C)c1C(=O)OC/C(O)=C(\C#N)c1nc2ccccc2n1C. The minimum absolute atomic E-state index is 0.0599. The van der Waals surface area contributed by atoms with Crippen molar-refractivity contribution in [3.05, 3.63) is 52.9 Å². The molecule has 0 radical (unpaired) electrons. The van der Waals surface area contributed by atoms with Crippen LogP contribution in [0.2, 0.25) is 0 Å². The summed E-state index contributed by atoms with van der Waals surface area (Å²) in [6, 6.07) is 9.28. The van der Waals surface area contributed by atoms with Crippen molar-refractivity contribution in [2.24, 2.45) is 7.05 Å². The summed E-state index contributed by atoms with van der Waals surface area (Å²) in [6.45, 7) is 2.74. The third kappa shape index (κ3) is 2.91. The van der Waals surface area contributed by atoms with E-state index in [2.05, 4.69) is 10.1 Å². The zero-order chi connectivity index (χ0) is 18.8.